The number of benzene rings is 3. The number of aromatic nitrogens is 2. The normalized spacial score (nSPS) is 11.6. The second kappa shape index (κ2) is 3.80. The molecular weight excluding hydrogens is 234 g/mol. The van der Waals surface area contributed by atoms with Gasteiger partial charge in [0.05, 0.1) is 17.6 Å². The molecule has 0 aliphatic carbocycles. The van der Waals surface area contributed by atoms with E-state index in [0.29, 0.717) is 6.54 Å². The van der Waals surface area contributed by atoms with Gasteiger partial charge in [0, 0.05) is 10.8 Å². The number of rotatable bonds is 1. The van der Waals surface area contributed by atoms with Gasteiger partial charge in [0.15, 0.2) is 0 Å². The molecule has 92 valence electrons. The summed E-state index contributed by atoms with van der Waals surface area (Å²) < 4.78 is 0. The first-order valence-corrected chi connectivity index (χ1v) is 6.36. The molecule has 1 aromatic heterocycles. The fraction of sp³-hybridized carbons (Fsp3) is 0.0625. The predicted molar refractivity (Wildman–Crippen MR) is 79.0 cm³/mol. The van der Waals surface area contributed by atoms with E-state index in [-0.39, 0.29) is 0 Å². The van der Waals surface area contributed by atoms with Gasteiger partial charge in [-0.3, -0.25) is 0 Å². The number of H-pyrrole nitrogens is 1. The van der Waals surface area contributed by atoms with Crippen molar-refractivity contribution in [2.75, 3.05) is 0 Å². The van der Waals surface area contributed by atoms with Crippen molar-refractivity contribution in [2.24, 2.45) is 5.73 Å². The number of aromatic amines is 1. The molecule has 3 N–H and O–H groups in total. The second-order valence-corrected chi connectivity index (χ2v) is 4.70. The van der Waals surface area contributed by atoms with Crippen molar-refractivity contribution in [1.82, 2.24) is 9.97 Å². The van der Waals surface area contributed by atoms with E-state index in [4.69, 9.17) is 5.73 Å². The monoisotopic (exact) mass is 247 g/mol. The van der Waals surface area contributed by atoms with E-state index in [1.165, 1.54) is 21.5 Å². The molecule has 0 bridgehead atoms. The summed E-state index contributed by atoms with van der Waals surface area (Å²) in [5, 5.41) is 4.86. The highest BCUT2D eigenvalue weighted by atomic mass is 14.9. The first kappa shape index (κ1) is 10.5. The largest absolute Gasteiger partial charge is 0.340 e. The van der Waals surface area contributed by atoms with Crippen LogP contribution in [-0.2, 0) is 6.54 Å². The number of imidazole rings is 1. The zero-order valence-electron chi connectivity index (χ0n) is 10.4. The quantitative estimate of drug-likeness (QED) is 0.507. The molecule has 0 spiro atoms. The average molecular weight is 247 g/mol. The number of nitrogens with two attached hydrogens (primary N) is 1. The highest BCUT2D eigenvalue weighted by Gasteiger charge is 2.11. The molecule has 0 saturated heterocycles. The van der Waals surface area contributed by atoms with Gasteiger partial charge < -0.3 is 10.7 Å². The molecule has 0 atom stereocenters. The fourth-order valence-electron chi connectivity index (χ4n) is 2.77. The third kappa shape index (κ3) is 1.39. The van der Waals surface area contributed by atoms with Crippen molar-refractivity contribution in [2.45, 2.75) is 6.54 Å². The van der Waals surface area contributed by atoms with E-state index < -0.39 is 0 Å². The molecule has 0 saturated carbocycles. The molecule has 0 aliphatic heterocycles. The molecule has 1 heterocycles. The summed E-state index contributed by atoms with van der Waals surface area (Å²) in [6.07, 6.45) is 0. The van der Waals surface area contributed by atoms with Gasteiger partial charge in [0.2, 0.25) is 0 Å². The van der Waals surface area contributed by atoms with Crippen LogP contribution in [-0.4, -0.2) is 9.97 Å². The van der Waals surface area contributed by atoms with Crippen LogP contribution in [0.25, 0.3) is 32.6 Å². The lowest BCUT2D eigenvalue weighted by molar-refractivity contribution is 0.959. The maximum atomic E-state index is 5.71. The minimum Gasteiger partial charge on any atom is -0.340 e. The second-order valence-electron chi connectivity index (χ2n) is 4.70. The Morgan fingerprint density at radius 2 is 1.42 bits per heavy atom. The lowest BCUT2D eigenvalue weighted by Gasteiger charge is -2.05. The molecule has 0 aliphatic rings. The summed E-state index contributed by atoms with van der Waals surface area (Å²) in [6.45, 7) is 0.428. The summed E-state index contributed by atoms with van der Waals surface area (Å²) in [5.41, 5.74) is 7.80. The maximum absolute atomic E-state index is 5.71. The van der Waals surface area contributed by atoms with Gasteiger partial charge in [-0.1, -0.05) is 48.5 Å². The molecule has 3 heteroatoms. The zero-order valence-corrected chi connectivity index (χ0v) is 10.4. The lowest BCUT2D eigenvalue weighted by Crippen LogP contribution is -1.97. The molecule has 3 aromatic carbocycles. The molecule has 0 unspecified atom stereocenters. The first-order valence-electron chi connectivity index (χ1n) is 6.36. The van der Waals surface area contributed by atoms with Crippen LogP contribution in [0.1, 0.15) is 5.82 Å². The molecular formula is C16H13N3. The van der Waals surface area contributed by atoms with Crippen LogP contribution >= 0.6 is 0 Å². The average Bonchev–Trinajstić information content (AvgIpc) is 2.92. The third-order valence-corrected chi connectivity index (χ3v) is 3.61. The minimum absolute atomic E-state index is 0.428. The summed E-state index contributed by atoms with van der Waals surface area (Å²) in [7, 11) is 0. The Morgan fingerprint density at radius 1 is 0.842 bits per heavy atom. The van der Waals surface area contributed by atoms with Crippen molar-refractivity contribution < 1.29 is 0 Å². The number of fused-ring (bicyclic) bond motifs is 6. The Labute approximate surface area is 110 Å². The smallest absolute Gasteiger partial charge is 0.121 e. The lowest BCUT2D eigenvalue weighted by atomic mass is 10.0. The van der Waals surface area contributed by atoms with E-state index >= 15 is 0 Å². The predicted octanol–water partition coefficient (Wildman–Crippen LogP) is 3.33. The highest BCUT2D eigenvalue weighted by Crippen LogP contribution is 2.33. The number of hydrogen-bond donors (Lipinski definition) is 2. The van der Waals surface area contributed by atoms with Gasteiger partial charge in [-0.15, -0.1) is 0 Å². The molecule has 0 radical (unpaired) electrons. The molecule has 19 heavy (non-hydrogen) atoms. The Hall–Kier alpha value is -2.39. The fourth-order valence-corrected chi connectivity index (χ4v) is 2.77. The van der Waals surface area contributed by atoms with E-state index in [1.807, 2.05) is 6.07 Å². The van der Waals surface area contributed by atoms with Gasteiger partial charge >= 0.3 is 0 Å². The van der Waals surface area contributed by atoms with Gasteiger partial charge in [-0.25, -0.2) is 4.98 Å². The third-order valence-electron chi connectivity index (χ3n) is 3.61. The Morgan fingerprint density at radius 3 is 2.11 bits per heavy atom. The summed E-state index contributed by atoms with van der Waals surface area (Å²) >= 11 is 0. The molecule has 4 rings (SSSR count). The molecule has 3 nitrogen and oxygen atoms in total. The van der Waals surface area contributed by atoms with Crippen LogP contribution in [0.2, 0.25) is 0 Å². The minimum atomic E-state index is 0.428. The van der Waals surface area contributed by atoms with Crippen LogP contribution in [0.5, 0.6) is 0 Å². The van der Waals surface area contributed by atoms with Crippen molar-refractivity contribution in [1.29, 1.82) is 0 Å². The first-order chi connectivity index (χ1) is 9.38. The van der Waals surface area contributed by atoms with Crippen LogP contribution < -0.4 is 5.73 Å². The van der Waals surface area contributed by atoms with E-state index in [1.54, 1.807) is 0 Å². The highest BCUT2D eigenvalue weighted by molar-refractivity contribution is 6.23. The van der Waals surface area contributed by atoms with Crippen molar-refractivity contribution in [3.63, 3.8) is 0 Å². The Kier molecular flexibility index (Phi) is 2.11. The van der Waals surface area contributed by atoms with Crippen LogP contribution in [0.3, 0.4) is 0 Å². The topological polar surface area (TPSA) is 54.7 Å². The van der Waals surface area contributed by atoms with E-state index in [2.05, 4.69) is 52.4 Å². The van der Waals surface area contributed by atoms with Gasteiger partial charge in [0.1, 0.15) is 5.82 Å². The number of nitrogens with zero attached hydrogens (tertiary/aromatic N) is 1. The van der Waals surface area contributed by atoms with E-state index in [0.717, 1.165) is 16.9 Å². The van der Waals surface area contributed by atoms with Gasteiger partial charge in [-0.2, -0.15) is 0 Å². The molecule has 4 aromatic rings. The zero-order chi connectivity index (χ0) is 12.8. The van der Waals surface area contributed by atoms with Gasteiger partial charge in [0.25, 0.3) is 0 Å². The SMILES string of the molecule is NCc1nc2c3ccccc3c3ccccc3c2[nH]1. The van der Waals surface area contributed by atoms with Crippen LogP contribution in [0.4, 0.5) is 0 Å². The van der Waals surface area contributed by atoms with Crippen LogP contribution in [0, 0.1) is 0 Å². The van der Waals surface area contributed by atoms with Crippen LogP contribution in [0.15, 0.2) is 48.5 Å². The van der Waals surface area contributed by atoms with Crippen molar-refractivity contribution >= 4 is 32.6 Å². The number of hydrogen-bond acceptors (Lipinski definition) is 2. The summed E-state index contributed by atoms with van der Waals surface area (Å²) in [6, 6.07) is 16.8. The molecule has 0 fully saturated rings. The Balaban J connectivity index is 2.37. The standard InChI is InChI=1S/C16H13N3/c17-9-14-18-15-12-7-3-1-5-10(12)11-6-2-4-8-13(11)16(15)19-14/h1-8H,9,17H2,(H,18,19). The van der Waals surface area contributed by atoms with Gasteiger partial charge in [-0.05, 0) is 10.8 Å². The maximum Gasteiger partial charge on any atom is 0.121 e. The Bertz CT molecular complexity index is 833. The van der Waals surface area contributed by atoms with Crippen molar-refractivity contribution in [3.05, 3.63) is 54.4 Å². The summed E-state index contributed by atoms with van der Waals surface area (Å²) in [5.74, 6) is 0.830. The van der Waals surface area contributed by atoms with Crippen molar-refractivity contribution in [3.8, 4) is 0 Å². The summed E-state index contributed by atoms with van der Waals surface area (Å²) in [4.78, 5) is 7.97. The van der Waals surface area contributed by atoms with E-state index in [9.17, 15) is 0 Å². The molecule has 0 amide bonds. The number of nitrogens with one attached hydrogen (secondary N) is 1.